The molecule has 4 heterocycles. The van der Waals surface area contributed by atoms with E-state index >= 15 is 0 Å². The minimum atomic E-state index is -0.722. The molecule has 4 aliphatic heterocycles. The lowest BCUT2D eigenvalue weighted by molar-refractivity contribution is -0.237. The van der Waals surface area contributed by atoms with E-state index < -0.39 is 30.3 Å². The van der Waals surface area contributed by atoms with Crippen molar-refractivity contribution in [1.29, 1.82) is 0 Å². The van der Waals surface area contributed by atoms with Gasteiger partial charge in [-0.1, -0.05) is 0 Å². The summed E-state index contributed by atoms with van der Waals surface area (Å²) in [5.41, 5.74) is 2.91. The van der Waals surface area contributed by atoms with Gasteiger partial charge in [-0.3, -0.25) is 5.21 Å². The van der Waals surface area contributed by atoms with Crippen LogP contribution in [0, 0.1) is 0 Å². The van der Waals surface area contributed by atoms with E-state index in [9.17, 15) is 5.21 Å². The summed E-state index contributed by atoms with van der Waals surface area (Å²) < 4.78 is 46.1. The van der Waals surface area contributed by atoms with Crippen LogP contribution < -0.4 is 5.43 Å². The summed E-state index contributed by atoms with van der Waals surface area (Å²) in [5.74, 6) is -1.43. The van der Waals surface area contributed by atoms with E-state index in [1.165, 1.54) is 0 Å². The molecule has 0 radical (unpaired) electrons. The van der Waals surface area contributed by atoms with Crippen LogP contribution in [0.25, 0.3) is 0 Å². The maximum absolute atomic E-state index is 10.3. The molecule has 0 amide bonds. The molecule has 0 bridgehead atoms. The summed E-state index contributed by atoms with van der Waals surface area (Å²) in [6.07, 6.45) is -3.16. The van der Waals surface area contributed by atoms with E-state index in [1.807, 2.05) is 27.7 Å². The Kier molecular flexibility index (Phi) is 5.94. The van der Waals surface area contributed by atoms with Gasteiger partial charge in [0.05, 0.1) is 6.54 Å². The summed E-state index contributed by atoms with van der Waals surface area (Å²) in [6.45, 7) is 7.77. The van der Waals surface area contributed by atoms with E-state index in [-0.39, 0.29) is 37.1 Å². The molecule has 8 atom stereocenters. The Balaban J connectivity index is 1.27. The summed E-state index contributed by atoms with van der Waals surface area (Å²) >= 11 is 0. The summed E-state index contributed by atoms with van der Waals surface area (Å²) in [6, 6.07) is 0. The number of hydrogen-bond acceptors (Lipinski definition) is 11. The van der Waals surface area contributed by atoms with Crippen LogP contribution in [0.2, 0.25) is 0 Å². The molecule has 0 aliphatic carbocycles. The van der Waals surface area contributed by atoms with Crippen molar-refractivity contribution < 1.29 is 43.1 Å². The van der Waals surface area contributed by atoms with Crippen LogP contribution in [0.3, 0.4) is 0 Å². The van der Waals surface area contributed by atoms with Crippen molar-refractivity contribution in [3.05, 3.63) is 0 Å². The molecule has 4 aliphatic rings. The Hall–Kier alpha value is -0.440. The van der Waals surface area contributed by atoms with Gasteiger partial charge in [0.2, 0.25) is 0 Å². The predicted octanol–water partition coefficient (Wildman–Crippen LogP) is -0.0350. The van der Waals surface area contributed by atoms with E-state index in [0.29, 0.717) is 6.54 Å². The zero-order valence-corrected chi connectivity index (χ0v) is 17.7. The average molecular weight is 420 g/mol. The van der Waals surface area contributed by atoms with Crippen molar-refractivity contribution in [3.8, 4) is 0 Å². The van der Waals surface area contributed by atoms with Gasteiger partial charge in [-0.05, 0) is 27.7 Å². The fourth-order valence-corrected chi connectivity index (χ4v) is 4.41. The van der Waals surface area contributed by atoms with Gasteiger partial charge >= 0.3 is 0 Å². The van der Waals surface area contributed by atoms with Crippen molar-refractivity contribution in [1.82, 2.24) is 10.6 Å². The first-order valence-corrected chi connectivity index (χ1v) is 9.90. The Morgan fingerprint density at radius 3 is 1.83 bits per heavy atom. The van der Waals surface area contributed by atoms with Crippen LogP contribution >= 0.6 is 0 Å². The van der Waals surface area contributed by atoms with Gasteiger partial charge in [-0.25, -0.2) is 5.43 Å². The van der Waals surface area contributed by atoms with Crippen molar-refractivity contribution in [3.63, 3.8) is 0 Å². The highest BCUT2D eigenvalue weighted by molar-refractivity contribution is 4.96. The maximum atomic E-state index is 10.3. The molecule has 11 nitrogen and oxygen atoms in total. The molecule has 0 aromatic heterocycles. The Morgan fingerprint density at radius 2 is 1.31 bits per heavy atom. The Morgan fingerprint density at radius 1 is 0.828 bits per heavy atom. The lowest BCUT2D eigenvalue weighted by Gasteiger charge is -2.29. The minimum absolute atomic E-state index is 0.149. The number of rotatable bonds is 7. The highest BCUT2D eigenvalue weighted by Gasteiger charge is 2.56. The molecular formula is C18H32N2O9. The van der Waals surface area contributed by atoms with Crippen molar-refractivity contribution >= 4 is 0 Å². The minimum Gasteiger partial charge on any atom is -0.376 e. The highest BCUT2D eigenvalue weighted by atomic mass is 16.9. The van der Waals surface area contributed by atoms with Crippen LogP contribution in [0.15, 0.2) is 0 Å². The SMILES string of the molecule is CO[C@@H]1[C@@H]2OC(C)(C)O[C@H]2O[C@H]1CNN(O)C[C@H]1O[C@H]2OC(C)(C)O[C@@H]2[C@H]1OC. The van der Waals surface area contributed by atoms with Crippen LogP contribution in [-0.4, -0.2) is 98.5 Å². The molecule has 11 heteroatoms. The molecule has 29 heavy (non-hydrogen) atoms. The summed E-state index contributed by atoms with van der Waals surface area (Å²) in [4.78, 5) is 0. The summed E-state index contributed by atoms with van der Waals surface area (Å²) in [7, 11) is 3.19. The van der Waals surface area contributed by atoms with Crippen molar-refractivity contribution in [2.24, 2.45) is 0 Å². The lowest BCUT2D eigenvalue weighted by Crippen LogP contribution is -2.50. The van der Waals surface area contributed by atoms with Gasteiger partial charge in [0.25, 0.3) is 0 Å². The highest BCUT2D eigenvalue weighted by Crippen LogP contribution is 2.39. The van der Waals surface area contributed by atoms with Crippen LogP contribution in [0.1, 0.15) is 27.7 Å². The number of ether oxygens (including phenoxy) is 8. The zero-order valence-electron chi connectivity index (χ0n) is 17.7. The molecule has 0 spiro atoms. The molecule has 0 saturated carbocycles. The molecule has 0 unspecified atom stereocenters. The molecule has 4 saturated heterocycles. The van der Waals surface area contributed by atoms with Crippen LogP contribution in [0.4, 0.5) is 0 Å². The molecule has 0 aromatic carbocycles. The quantitative estimate of drug-likeness (QED) is 0.542. The maximum Gasteiger partial charge on any atom is 0.190 e. The first-order chi connectivity index (χ1) is 13.6. The first-order valence-electron chi connectivity index (χ1n) is 9.90. The lowest BCUT2D eigenvalue weighted by atomic mass is 10.1. The van der Waals surface area contributed by atoms with Crippen LogP contribution in [-0.2, 0) is 37.9 Å². The van der Waals surface area contributed by atoms with Gasteiger partial charge in [0.15, 0.2) is 24.2 Å². The van der Waals surface area contributed by atoms with Gasteiger partial charge in [0, 0.05) is 20.8 Å². The molecule has 168 valence electrons. The number of nitrogens with zero attached hydrogens (tertiary/aromatic N) is 1. The Bertz CT molecular complexity index is 592. The molecule has 4 rings (SSSR count). The molecular weight excluding hydrogens is 388 g/mol. The fourth-order valence-electron chi connectivity index (χ4n) is 4.41. The average Bonchev–Trinajstić information content (AvgIpc) is 3.27. The number of nitrogens with one attached hydrogen (secondary N) is 1. The number of hydrazine groups is 1. The first kappa shape index (κ1) is 21.8. The van der Waals surface area contributed by atoms with Crippen molar-refractivity contribution in [2.75, 3.05) is 27.3 Å². The van der Waals surface area contributed by atoms with Crippen molar-refractivity contribution in [2.45, 2.75) is 88.5 Å². The summed E-state index contributed by atoms with van der Waals surface area (Å²) in [5, 5.41) is 11.3. The molecule has 0 aromatic rings. The zero-order chi connectivity index (χ0) is 21.0. The third-order valence-corrected chi connectivity index (χ3v) is 5.55. The van der Waals surface area contributed by atoms with E-state index in [1.54, 1.807) is 14.2 Å². The second-order valence-corrected chi connectivity index (χ2v) is 8.63. The smallest absolute Gasteiger partial charge is 0.190 e. The number of methoxy groups -OCH3 is 2. The molecule has 2 N–H and O–H groups in total. The fraction of sp³-hybridized carbons (Fsp3) is 1.00. The molecule has 4 fully saturated rings. The van der Waals surface area contributed by atoms with Gasteiger partial charge in [-0.15, -0.1) is 5.17 Å². The standard InChI is InChI=1S/C18H32N2O9/c1-17(2)26-13-11(22-5)9(24-15(13)28-17)7-19-20(21)8-10-12(23-6)14-16(25-10)29-18(3,4)27-14/h9-16,19,21H,7-8H2,1-6H3/t9-,10+,11-,12-,13-,14+,15+,16-/m0/s1. The predicted molar refractivity (Wildman–Crippen MR) is 95.5 cm³/mol. The number of hydroxylamine groups is 1. The topological polar surface area (TPSA) is 109 Å². The van der Waals surface area contributed by atoms with Crippen LogP contribution in [0.5, 0.6) is 0 Å². The third-order valence-electron chi connectivity index (χ3n) is 5.55. The van der Waals surface area contributed by atoms with E-state index in [4.69, 9.17) is 37.9 Å². The van der Waals surface area contributed by atoms with Gasteiger partial charge in [-0.2, -0.15) is 0 Å². The van der Waals surface area contributed by atoms with E-state index in [2.05, 4.69) is 5.43 Å². The van der Waals surface area contributed by atoms with Gasteiger partial charge in [0.1, 0.15) is 36.6 Å². The van der Waals surface area contributed by atoms with Gasteiger partial charge < -0.3 is 37.9 Å². The second kappa shape index (κ2) is 7.92. The van der Waals surface area contributed by atoms with E-state index in [0.717, 1.165) is 5.17 Å². The monoisotopic (exact) mass is 420 g/mol. The second-order valence-electron chi connectivity index (χ2n) is 8.63. The Labute approximate surface area is 170 Å². The number of hydrogen-bond donors (Lipinski definition) is 2. The third kappa shape index (κ3) is 4.32. The largest absolute Gasteiger partial charge is 0.376 e. The normalized spacial score (nSPS) is 45.1. The number of fused-ring (bicyclic) bond motifs is 2.